The number of nitrogens with zero attached hydrogens (tertiary/aromatic N) is 1. The van der Waals surface area contributed by atoms with E-state index in [1.165, 1.54) is 0 Å². The first-order valence-electron chi connectivity index (χ1n) is 6.10. The Kier molecular flexibility index (Phi) is 5.70. The van der Waals surface area contributed by atoms with Crippen molar-refractivity contribution in [1.29, 1.82) is 0 Å². The molecule has 1 atom stereocenters. The van der Waals surface area contributed by atoms with E-state index >= 15 is 0 Å². The third kappa shape index (κ3) is 5.13. The van der Waals surface area contributed by atoms with Gasteiger partial charge in [-0.3, -0.25) is 4.79 Å². The minimum atomic E-state index is -1.37. The van der Waals surface area contributed by atoms with Crippen molar-refractivity contribution in [3.63, 3.8) is 0 Å². The average Bonchev–Trinajstić information content (AvgIpc) is 2.74. The van der Waals surface area contributed by atoms with Crippen LogP contribution < -0.4 is 10.6 Å². The first-order valence-corrected chi connectivity index (χ1v) is 6.10. The van der Waals surface area contributed by atoms with Crippen molar-refractivity contribution >= 4 is 18.0 Å². The van der Waals surface area contributed by atoms with Gasteiger partial charge in [-0.2, -0.15) is 0 Å². The Hall–Kier alpha value is -2.58. The fourth-order valence-electron chi connectivity index (χ4n) is 1.43. The van der Waals surface area contributed by atoms with Gasteiger partial charge in [-0.25, -0.2) is 14.6 Å². The van der Waals surface area contributed by atoms with Crippen LogP contribution in [0.2, 0.25) is 0 Å². The average molecular weight is 299 g/mol. The SMILES string of the molecule is COC(=O)C[C@H](NC(=O)NCc1nc(C)c(C)o1)C(=O)O. The van der Waals surface area contributed by atoms with Crippen LogP contribution in [0.5, 0.6) is 0 Å². The quantitative estimate of drug-likeness (QED) is 0.635. The molecule has 0 spiro atoms. The minimum Gasteiger partial charge on any atom is -0.480 e. The molecule has 0 aromatic carbocycles. The Morgan fingerprint density at radius 3 is 2.52 bits per heavy atom. The molecule has 1 aromatic rings. The smallest absolute Gasteiger partial charge is 0.326 e. The number of hydrogen-bond acceptors (Lipinski definition) is 6. The third-order valence-corrected chi connectivity index (χ3v) is 2.67. The van der Waals surface area contributed by atoms with Crippen LogP contribution in [0, 0.1) is 13.8 Å². The number of oxazole rings is 1. The summed E-state index contributed by atoms with van der Waals surface area (Å²) < 4.78 is 9.61. The number of carbonyl (C=O) groups is 3. The van der Waals surface area contributed by atoms with E-state index < -0.39 is 30.4 Å². The molecule has 116 valence electrons. The number of hydrogen-bond donors (Lipinski definition) is 3. The van der Waals surface area contributed by atoms with Gasteiger partial charge in [0.15, 0.2) is 0 Å². The highest BCUT2D eigenvalue weighted by Gasteiger charge is 2.23. The second-order valence-corrected chi connectivity index (χ2v) is 4.25. The van der Waals surface area contributed by atoms with Gasteiger partial charge in [0.2, 0.25) is 5.89 Å². The van der Waals surface area contributed by atoms with E-state index in [0.717, 1.165) is 7.11 Å². The molecule has 0 fully saturated rings. The van der Waals surface area contributed by atoms with Gasteiger partial charge in [-0.15, -0.1) is 0 Å². The van der Waals surface area contributed by atoms with E-state index in [1.54, 1.807) is 13.8 Å². The number of urea groups is 1. The van der Waals surface area contributed by atoms with Gasteiger partial charge in [0.25, 0.3) is 0 Å². The molecular weight excluding hydrogens is 282 g/mol. The number of esters is 1. The third-order valence-electron chi connectivity index (χ3n) is 2.67. The molecule has 0 aliphatic carbocycles. The zero-order chi connectivity index (χ0) is 16.0. The predicted molar refractivity (Wildman–Crippen MR) is 69.4 cm³/mol. The molecule has 21 heavy (non-hydrogen) atoms. The van der Waals surface area contributed by atoms with E-state index in [-0.39, 0.29) is 6.54 Å². The van der Waals surface area contributed by atoms with Crippen LogP contribution in [0.4, 0.5) is 4.79 Å². The first-order chi connectivity index (χ1) is 9.83. The van der Waals surface area contributed by atoms with Crippen LogP contribution in [-0.2, 0) is 20.9 Å². The zero-order valence-corrected chi connectivity index (χ0v) is 11.9. The molecule has 2 amide bonds. The summed E-state index contributed by atoms with van der Waals surface area (Å²) in [7, 11) is 1.13. The summed E-state index contributed by atoms with van der Waals surface area (Å²) in [5, 5.41) is 13.5. The minimum absolute atomic E-state index is 0.00504. The molecule has 1 rings (SSSR count). The number of nitrogens with one attached hydrogen (secondary N) is 2. The number of amides is 2. The highest BCUT2D eigenvalue weighted by Crippen LogP contribution is 2.07. The van der Waals surface area contributed by atoms with E-state index in [9.17, 15) is 14.4 Å². The van der Waals surface area contributed by atoms with Gasteiger partial charge in [0.05, 0.1) is 25.8 Å². The number of aromatic nitrogens is 1. The van der Waals surface area contributed by atoms with Gasteiger partial charge in [0, 0.05) is 0 Å². The van der Waals surface area contributed by atoms with Crippen LogP contribution >= 0.6 is 0 Å². The molecule has 1 aromatic heterocycles. The Labute approximate surface area is 120 Å². The van der Waals surface area contributed by atoms with Gasteiger partial charge < -0.3 is 24.9 Å². The van der Waals surface area contributed by atoms with Crippen LogP contribution in [0.3, 0.4) is 0 Å². The maximum Gasteiger partial charge on any atom is 0.326 e. The molecule has 9 nitrogen and oxygen atoms in total. The van der Waals surface area contributed by atoms with Crippen molar-refractivity contribution in [3.05, 3.63) is 17.3 Å². The Morgan fingerprint density at radius 2 is 2.05 bits per heavy atom. The Balaban J connectivity index is 2.50. The molecular formula is C12H17N3O6. The van der Waals surface area contributed by atoms with Crippen LogP contribution in [-0.4, -0.2) is 41.2 Å². The maximum atomic E-state index is 11.6. The van der Waals surface area contributed by atoms with Crippen molar-refractivity contribution in [2.45, 2.75) is 32.9 Å². The van der Waals surface area contributed by atoms with Crippen molar-refractivity contribution in [3.8, 4) is 0 Å². The van der Waals surface area contributed by atoms with Gasteiger partial charge in [-0.05, 0) is 13.8 Å². The lowest BCUT2D eigenvalue weighted by atomic mass is 10.2. The molecule has 0 unspecified atom stereocenters. The summed E-state index contributed by atoms with van der Waals surface area (Å²) >= 11 is 0. The predicted octanol–water partition coefficient (Wildman–Crippen LogP) is 0.107. The lowest BCUT2D eigenvalue weighted by Crippen LogP contribution is -2.46. The molecule has 0 aliphatic rings. The second-order valence-electron chi connectivity index (χ2n) is 4.25. The number of ether oxygens (including phenoxy) is 1. The fraction of sp³-hybridized carbons (Fsp3) is 0.500. The highest BCUT2D eigenvalue weighted by molar-refractivity contribution is 5.86. The van der Waals surface area contributed by atoms with E-state index in [4.69, 9.17) is 9.52 Å². The zero-order valence-electron chi connectivity index (χ0n) is 11.9. The number of carboxylic acid groups (broad SMARTS) is 1. The summed E-state index contributed by atoms with van der Waals surface area (Å²) in [6.45, 7) is 3.51. The van der Waals surface area contributed by atoms with Gasteiger partial charge in [-0.1, -0.05) is 0 Å². The highest BCUT2D eigenvalue weighted by atomic mass is 16.5. The number of aryl methyl sites for hydroxylation is 2. The lowest BCUT2D eigenvalue weighted by molar-refractivity contribution is -0.147. The number of carboxylic acids is 1. The summed E-state index contributed by atoms with van der Waals surface area (Å²) in [6, 6.07) is -2.12. The van der Waals surface area contributed by atoms with Crippen molar-refractivity contribution in [2.24, 2.45) is 0 Å². The second kappa shape index (κ2) is 7.27. The van der Waals surface area contributed by atoms with Crippen LogP contribution in [0.1, 0.15) is 23.8 Å². The number of methoxy groups -OCH3 is 1. The summed E-state index contributed by atoms with van der Waals surface area (Å²) in [5.41, 5.74) is 0.710. The van der Waals surface area contributed by atoms with Gasteiger partial charge >= 0.3 is 18.0 Å². The summed E-state index contributed by atoms with van der Waals surface area (Å²) in [6.07, 6.45) is -0.462. The molecule has 0 aliphatic heterocycles. The molecule has 0 bridgehead atoms. The van der Waals surface area contributed by atoms with Crippen molar-refractivity contribution in [2.75, 3.05) is 7.11 Å². The summed E-state index contributed by atoms with van der Waals surface area (Å²) in [5.74, 6) is -1.12. The Bertz CT molecular complexity index is 520. The van der Waals surface area contributed by atoms with Crippen molar-refractivity contribution < 1.29 is 28.6 Å². The Morgan fingerprint density at radius 1 is 1.38 bits per heavy atom. The summed E-state index contributed by atoms with van der Waals surface area (Å²) in [4.78, 5) is 37.6. The number of carbonyl (C=O) groups excluding carboxylic acids is 2. The van der Waals surface area contributed by atoms with Crippen molar-refractivity contribution in [1.82, 2.24) is 15.6 Å². The molecule has 0 saturated heterocycles. The number of rotatable bonds is 6. The van der Waals surface area contributed by atoms with Crippen LogP contribution in [0.25, 0.3) is 0 Å². The fourth-order valence-corrected chi connectivity index (χ4v) is 1.43. The van der Waals surface area contributed by atoms with E-state index in [0.29, 0.717) is 17.3 Å². The normalized spacial score (nSPS) is 11.6. The topological polar surface area (TPSA) is 131 Å². The van der Waals surface area contributed by atoms with E-state index in [2.05, 4.69) is 20.4 Å². The van der Waals surface area contributed by atoms with E-state index in [1.807, 2.05) is 0 Å². The standard InChI is InChI=1S/C12H17N3O6/c1-6-7(2)21-9(14-6)5-13-12(19)15-8(11(17)18)4-10(16)20-3/h8H,4-5H2,1-3H3,(H,17,18)(H2,13,15,19)/t8-/m0/s1. The molecule has 0 radical (unpaired) electrons. The van der Waals surface area contributed by atoms with Gasteiger partial charge in [0.1, 0.15) is 11.8 Å². The molecule has 9 heteroatoms. The molecule has 1 heterocycles. The monoisotopic (exact) mass is 299 g/mol. The lowest BCUT2D eigenvalue weighted by Gasteiger charge is -2.13. The molecule has 3 N–H and O–H groups in total. The first kappa shape index (κ1) is 16.5. The maximum absolute atomic E-state index is 11.6. The largest absolute Gasteiger partial charge is 0.480 e. The number of aliphatic carboxylic acids is 1. The van der Waals surface area contributed by atoms with Crippen LogP contribution in [0.15, 0.2) is 4.42 Å². The molecule has 0 saturated carbocycles.